The Hall–Kier alpha value is -0.570. The highest BCUT2D eigenvalue weighted by atomic mass is 16.2. The van der Waals surface area contributed by atoms with E-state index in [9.17, 15) is 4.79 Å². The van der Waals surface area contributed by atoms with Crippen LogP contribution in [0.1, 0.15) is 52.4 Å². The number of carbonyl (C=O) groups is 1. The van der Waals surface area contributed by atoms with Crippen molar-refractivity contribution in [1.29, 1.82) is 0 Å². The van der Waals surface area contributed by atoms with Crippen LogP contribution in [0.25, 0.3) is 0 Å². The molecule has 4 atom stereocenters. The SMILES string of the molecule is CCC1CCNC(C(=O)NCC2CCC(C)C2)C1. The molecule has 1 saturated heterocycles. The predicted molar refractivity (Wildman–Crippen MR) is 74.3 cm³/mol. The Morgan fingerprint density at radius 2 is 2.06 bits per heavy atom. The van der Waals surface area contributed by atoms with Crippen molar-refractivity contribution in [2.75, 3.05) is 13.1 Å². The van der Waals surface area contributed by atoms with Crippen LogP contribution in [-0.2, 0) is 4.79 Å². The average molecular weight is 252 g/mol. The van der Waals surface area contributed by atoms with Gasteiger partial charge in [-0.05, 0) is 50.0 Å². The van der Waals surface area contributed by atoms with Gasteiger partial charge in [0.15, 0.2) is 0 Å². The number of rotatable bonds is 4. The lowest BCUT2D eigenvalue weighted by atomic mass is 9.90. The van der Waals surface area contributed by atoms with Gasteiger partial charge in [0.25, 0.3) is 0 Å². The second kappa shape index (κ2) is 6.55. The fourth-order valence-corrected chi connectivity index (χ4v) is 3.45. The standard InChI is InChI=1S/C15H28N2O/c1-3-12-6-7-16-14(9-12)15(18)17-10-13-5-4-11(2)8-13/h11-14,16H,3-10H2,1-2H3,(H,17,18). The molecule has 104 valence electrons. The van der Waals surface area contributed by atoms with E-state index in [1.54, 1.807) is 0 Å². The molecular formula is C15H28N2O. The molecule has 0 radical (unpaired) electrons. The largest absolute Gasteiger partial charge is 0.354 e. The van der Waals surface area contributed by atoms with Crippen molar-refractivity contribution in [3.8, 4) is 0 Å². The molecule has 0 bridgehead atoms. The van der Waals surface area contributed by atoms with Gasteiger partial charge in [0.1, 0.15) is 0 Å². The summed E-state index contributed by atoms with van der Waals surface area (Å²) in [4.78, 5) is 12.1. The highest BCUT2D eigenvalue weighted by molar-refractivity contribution is 5.81. The number of amides is 1. The quantitative estimate of drug-likeness (QED) is 0.806. The van der Waals surface area contributed by atoms with E-state index in [0.29, 0.717) is 0 Å². The zero-order valence-electron chi connectivity index (χ0n) is 11.9. The van der Waals surface area contributed by atoms with Gasteiger partial charge in [-0.25, -0.2) is 0 Å². The van der Waals surface area contributed by atoms with Gasteiger partial charge in [-0.1, -0.05) is 26.7 Å². The van der Waals surface area contributed by atoms with Crippen molar-refractivity contribution >= 4 is 5.91 Å². The van der Waals surface area contributed by atoms with Crippen LogP contribution in [0.5, 0.6) is 0 Å². The van der Waals surface area contributed by atoms with Crippen molar-refractivity contribution in [2.45, 2.75) is 58.4 Å². The highest BCUT2D eigenvalue weighted by Crippen LogP contribution is 2.29. The van der Waals surface area contributed by atoms with E-state index >= 15 is 0 Å². The normalized spacial score (nSPS) is 36.6. The summed E-state index contributed by atoms with van der Waals surface area (Å²) in [6.07, 6.45) is 7.35. The molecule has 0 aromatic rings. The van der Waals surface area contributed by atoms with Gasteiger partial charge < -0.3 is 10.6 Å². The van der Waals surface area contributed by atoms with E-state index in [2.05, 4.69) is 24.5 Å². The van der Waals surface area contributed by atoms with Gasteiger partial charge in [-0.3, -0.25) is 4.79 Å². The summed E-state index contributed by atoms with van der Waals surface area (Å²) in [5, 5.41) is 6.51. The Labute approximate surface area is 111 Å². The molecule has 2 fully saturated rings. The first-order valence-electron chi connectivity index (χ1n) is 7.70. The summed E-state index contributed by atoms with van der Waals surface area (Å²) >= 11 is 0. The Morgan fingerprint density at radius 1 is 1.22 bits per heavy atom. The number of hydrogen-bond acceptors (Lipinski definition) is 2. The van der Waals surface area contributed by atoms with Gasteiger partial charge in [0.05, 0.1) is 6.04 Å². The van der Waals surface area contributed by atoms with Gasteiger partial charge in [0, 0.05) is 6.54 Å². The van der Waals surface area contributed by atoms with Crippen LogP contribution in [0.3, 0.4) is 0 Å². The van der Waals surface area contributed by atoms with E-state index in [0.717, 1.165) is 37.3 Å². The summed E-state index contributed by atoms with van der Waals surface area (Å²) in [6, 6.07) is 0.0579. The van der Waals surface area contributed by atoms with Crippen LogP contribution in [0.2, 0.25) is 0 Å². The molecule has 3 nitrogen and oxygen atoms in total. The Bertz CT molecular complexity index is 280. The summed E-state index contributed by atoms with van der Waals surface area (Å²) in [6.45, 7) is 6.43. The van der Waals surface area contributed by atoms with E-state index in [1.165, 1.54) is 32.1 Å². The first kappa shape index (κ1) is 13.9. The molecule has 0 aromatic carbocycles. The Kier molecular flexibility index (Phi) is 5.04. The number of hydrogen-bond donors (Lipinski definition) is 2. The fourth-order valence-electron chi connectivity index (χ4n) is 3.45. The fraction of sp³-hybridized carbons (Fsp3) is 0.933. The molecule has 1 heterocycles. The van der Waals surface area contributed by atoms with Crippen molar-refractivity contribution in [3.63, 3.8) is 0 Å². The Balaban J connectivity index is 1.70. The molecule has 1 amide bonds. The molecule has 4 unspecified atom stereocenters. The third kappa shape index (κ3) is 3.71. The van der Waals surface area contributed by atoms with Crippen molar-refractivity contribution in [2.24, 2.45) is 17.8 Å². The number of nitrogens with one attached hydrogen (secondary N) is 2. The van der Waals surface area contributed by atoms with E-state index < -0.39 is 0 Å². The lowest BCUT2D eigenvalue weighted by Crippen LogP contribution is -2.49. The molecule has 2 N–H and O–H groups in total. The monoisotopic (exact) mass is 252 g/mol. The lowest BCUT2D eigenvalue weighted by Gasteiger charge is -2.29. The third-order valence-corrected chi connectivity index (χ3v) is 4.77. The maximum Gasteiger partial charge on any atom is 0.237 e. The van der Waals surface area contributed by atoms with E-state index in [4.69, 9.17) is 0 Å². The van der Waals surface area contributed by atoms with E-state index in [1.807, 2.05) is 0 Å². The molecule has 0 aromatic heterocycles. The molecule has 1 aliphatic carbocycles. The van der Waals surface area contributed by atoms with Crippen LogP contribution in [-0.4, -0.2) is 25.0 Å². The number of carbonyl (C=O) groups excluding carboxylic acids is 1. The molecule has 2 rings (SSSR count). The topological polar surface area (TPSA) is 41.1 Å². The first-order valence-corrected chi connectivity index (χ1v) is 7.70. The Morgan fingerprint density at radius 3 is 2.72 bits per heavy atom. The van der Waals surface area contributed by atoms with E-state index in [-0.39, 0.29) is 11.9 Å². The number of piperidine rings is 1. The summed E-state index contributed by atoms with van der Waals surface area (Å²) in [7, 11) is 0. The molecule has 1 saturated carbocycles. The molecule has 3 heteroatoms. The zero-order chi connectivity index (χ0) is 13.0. The summed E-state index contributed by atoms with van der Waals surface area (Å²) in [5.74, 6) is 2.53. The average Bonchev–Trinajstić information content (AvgIpc) is 2.82. The zero-order valence-corrected chi connectivity index (χ0v) is 11.9. The van der Waals surface area contributed by atoms with Gasteiger partial charge in [-0.15, -0.1) is 0 Å². The molecular weight excluding hydrogens is 224 g/mol. The minimum absolute atomic E-state index is 0.0579. The summed E-state index contributed by atoms with van der Waals surface area (Å²) in [5.41, 5.74) is 0. The van der Waals surface area contributed by atoms with Crippen molar-refractivity contribution < 1.29 is 4.79 Å². The molecule has 0 spiro atoms. The predicted octanol–water partition coefficient (Wildman–Crippen LogP) is 2.32. The second-order valence-corrected chi connectivity index (χ2v) is 6.33. The third-order valence-electron chi connectivity index (χ3n) is 4.77. The van der Waals surface area contributed by atoms with Crippen LogP contribution >= 0.6 is 0 Å². The molecule has 2 aliphatic rings. The van der Waals surface area contributed by atoms with Gasteiger partial charge in [0.2, 0.25) is 5.91 Å². The maximum absolute atomic E-state index is 12.1. The molecule has 18 heavy (non-hydrogen) atoms. The van der Waals surface area contributed by atoms with Gasteiger partial charge in [-0.2, -0.15) is 0 Å². The molecule has 1 aliphatic heterocycles. The van der Waals surface area contributed by atoms with Crippen LogP contribution < -0.4 is 10.6 Å². The minimum atomic E-state index is 0.0579. The highest BCUT2D eigenvalue weighted by Gasteiger charge is 2.27. The smallest absolute Gasteiger partial charge is 0.237 e. The van der Waals surface area contributed by atoms with Gasteiger partial charge >= 0.3 is 0 Å². The van der Waals surface area contributed by atoms with Crippen LogP contribution in [0.4, 0.5) is 0 Å². The van der Waals surface area contributed by atoms with Crippen molar-refractivity contribution in [1.82, 2.24) is 10.6 Å². The maximum atomic E-state index is 12.1. The van der Waals surface area contributed by atoms with Crippen LogP contribution in [0, 0.1) is 17.8 Å². The second-order valence-electron chi connectivity index (χ2n) is 6.33. The van der Waals surface area contributed by atoms with Crippen LogP contribution in [0.15, 0.2) is 0 Å². The lowest BCUT2D eigenvalue weighted by molar-refractivity contribution is -0.124. The first-order chi connectivity index (χ1) is 8.69. The minimum Gasteiger partial charge on any atom is -0.354 e. The summed E-state index contributed by atoms with van der Waals surface area (Å²) < 4.78 is 0. The van der Waals surface area contributed by atoms with Crippen molar-refractivity contribution in [3.05, 3.63) is 0 Å².